The summed E-state index contributed by atoms with van der Waals surface area (Å²) in [5.74, 6) is 0.931. The molecule has 1 N–H and O–H groups in total. The number of carbonyl (C=O) groups is 1. The standard InChI is InChI=1S/C20H25N3O2S/c1-25-19-6-4-3-5-18(19)23-13-11-22(12-14-23)15-20(24)21-16-7-9-17(26-2)10-8-16/h3-10H,11-15H2,1-2H3,(H,21,24). The Morgan fingerprint density at radius 1 is 1.08 bits per heavy atom. The molecule has 1 heterocycles. The van der Waals surface area contributed by atoms with Crippen molar-refractivity contribution in [1.82, 2.24) is 4.90 Å². The predicted octanol–water partition coefficient (Wildman–Crippen LogP) is 3.18. The highest BCUT2D eigenvalue weighted by Gasteiger charge is 2.21. The second-order valence-electron chi connectivity index (χ2n) is 6.21. The van der Waals surface area contributed by atoms with Gasteiger partial charge in [0, 0.05) is 36.8 Å². The summed E-state index contributed by atoms with van der Waals surface area (Å²) < 4.78 is 5.45. The molecule has 2 aromatic carbocycles. The first-order valence-electron chi connectivity index (χ1n) is 8.74. The lowest BCUT2D eigenvalue weighted by Crippen LogP contribution is -2.48. The Hall–Kier alpha value is -2.18. The number of benzene rings is 2. The van der Waals surface area contributed by atoms with Gasteiger partial charge in [-0.25, -0.2) is 0 Å². The second kappa shape index (κ2) is 8.96. The molecular weight excluding hydrogens is 346 g/mol. The number of hydrogen-bond donors (Lipinski definition) is 1. The number of anilines is 2. The average molecular weight is 372 g/mol. The van der Waals surface area contributed by atoms with E-state index in [1.54, 1.807) is 18.9 Å². The fraction of sp³-hybridized carbons (Fsp3) is 0.350. The van der Waals surface area contributed by atoms with E-state index >= 15 is 0 Å². The molecule has 0 aromatic heterocycles. The van der Waals surface area contributed by atoms with Crippen molar-refractivity contribution in [3.8, 4) is 5.75 Å². The van der Waals surface area contributed by atoms with Gasteiger partial charge in [0.15, 0.2) is 0 Å². The third-order valence-electron chi connectivity index (χ3n) is 4.54. The van der Waals surface area contributed by atoms with Crippen molar-refractivity contribution in [3.63, 3.8) is 0 Å². The minimum atomic E-state index is 0.0349. The van der Waals surface area contributed by atoms with E-state index < -0.39 is 0 Å². The van der Waals surface area contributed by atoms with Crippen LogP contribution in [0.25, 0.3) is 0 Å². The molecule has 0 radical (unpaired) electrons. The molecule has 0 spiro atoms. The fourth-order valence-corrected chi connectivity index (χ4v) is 3.52. The predicted molar refractivity (Wildman–Crippen MR) is 108 cm³/mol. The van der Waals surface area contributed by atoms with E-state index in [0.717, 1.165) is 43.3 Å². The van der Waals surface area contributed by atoms with Crippen LogP contribution in [0.15, 0.2) is 53.4 Å². The largest absolute Gasteiger partial charge is 0.495 e. The quantitative estimate of drug-likeness (QED) is 0.790. The lowest BCUT2D eigenvalue weighted by molar-refractivity contribution is -0.117. The van der Waals surface area contributed by atoms with Gasteiger partial charge in [-0.15, -0.1) is 11.8 Å². The van der Waals surface area contributed by atoms with E-state index in [1.165, 1.54) is 4.90 Å². The highest BCUT2D eigenvalue weighted by Crippen LogP contribution is 2.28. The summed E-state index contributed by atoms with van der Waals surface area (Å²) in [6.45, 7) is 3.91. The van der Waals surface area contributed by atoms with Crippen LogP contribution >= 0.6 is 11.8 Å². The number of thioether (sulfide) groups is 1. The first-order chi connectivity index (χ1) is 12.7. The minimum absolute atomic E-state index is 0.0349. The molecule has 3 rings (SSSR count). The number of amides is 1. The molecule has 1 fully saturated rings. The first kappa shape index (κ1) is 18.6. The molecule has 0 aliphatic carbocycles. The molecule has 1 aliphatic heterocycles. The molecule has 6 heteroatoms. The number of rotatable bonds is 6. The van der Waals surface area contributed by atoms with E-state index in [-0.39, 0.29) is 5.91 Å². The number of piperazine rings is 1. The monoisotopic (exact) mass is 371 g/mol. The van der Waals surface area contributed by atoms with Crippen molar-refractivity contribution < 1.29 is 9.53 Å². The van der Waals surface area contributed by atoms with Crippen molar-refractivity contribution >= 4 is 29.0 Å². The zero-order valence-corrected chi connectivity index (χ0v) is 16.1. The summed E-state index contributed by atoms with van der Waals surface area (Å²) >= 11 is 1.69. The van der Waals surface area contributed by atoms with Crippen LogP contribution in [0.4, 0.5) is 11.4 Å². The van der Waals surface area contributed by atoms with Crippen LogP contribution < -0.4 is 15.0 Å². The maximum absolute atomic E-state index is 12.3. The summed E-state index contributed by atoms with van der Waals surface area (Å²) in [6.07, 6.45) is 2.04. The number of para-hydroxylation sites is 2. The van der Waals surface area contributed by atoms with Gasteiger partial charge in [-0.3, -0.25) is 9.69 Å². The third-order valence-corrected chi connectivity index (χ3v) is 5.28. The van der Waals surface area contributed by atoms with Crippen LogP contribution in [0, 0.1) is 0 Å². The van der Waals surface area contributed by atoms with Crippen LogP contribution in [0.5, 0.6) is 5.75 Å². The summed E-state index contributed by atoms with van der Waals surface area (Å²) in [6, 6.07) is 16.0. The van der Waals surface area contributed by atoms with Gasteiger partial charge in [0.1, 0.15) is 5.75 Å². The Kier molecular flexibility index (Phi) is 6.41. The second-order valence-corrected chi connectivity index (χ2v) is 7.09. The van der Waals surface area contributed by atoms with Gasteiger partial charge in [0.2, 0.25) is 5.91 Å². The van der Waals surface area contributed by atoms with Gasteiger partial charge >= 0.3 is 0 Å². The molecule has 138 valence electrons. The van der Waals surface area contributed by atoms with Crippen LogP contribution in [-0.2, 0) is 4.79 Å². The van der Waals surface area contributed by atoms with Crippen molar-refractivity contribution in [1.29, 1.82) is 0 Å². The zero-order chi connectivity index (χ0) is 18.4. The van der Waals surface area contributed by atoms with Gasteiger partial charge in [0.25, 0.3) is 0 Å². The highest BCUT2D eigenvalue weighted by molar-refractivity contribution is 7.98. The van der Waals surface area contributed by atoms with Crippen LogP contribution in [0.3, 0.4) is 0 Å². The molecule has 5 nitrogen and oxygen atoms in total. The van der Waals surface area contributed by atoms with Crippen molar-refractivity contribution in [3.05, 3.63) is 48.5 Å². The van der Waals surface area contributed by atoms with Gasteiger partial charge < -0.3 is 15.0 Å². The Morgan fingerprint density at radius 2 is 1.77 bits per heavy atom. The maximum atomic E-state index is 12.3. The lowest BCUT2D eigenvalue weighted by Gasteiger charge is -2.36. The summed E-state index contributed by atoms with van der Waals surface area (Å²) in [4.78, 5) is 18.0. The van der Waals surface area contributed by atoms with Crippen LogP contribution in [0.2, 0.25) is 0 Å². The Labute approximate surface area is 159 Å². The SMILES string of the molecule is COc1ccccc1N1CCN(CC(=O)Nc2ccc(SC)cc2)CC1. The molecule has 1 aliphatic rings. The summed E-state index contributed by atoms with van der Waals surface area (Å²) in [5.41, 5.74) is 1.97. The number of hydrogen-bond acceptors (Lipinski definition) is 5. The van der Waals surface area contributed by atoms with Gasteiger partial charge in [0.05, 0.1) is 19.3 Å². The van der Waals surface area contributed by atoms with Crippen molar-refractivity contribution in [2.45, 2.75) is 4.90 Å². The molecular formula is C20H25N3O2S. The van der Waals surface area contributed by atoms with Gasteiger partial charge in [-0.1, -0.05) is 12.1 Å². The number of ether oxygens (including phenoxy) is 1. The van der Waals surface area contributed by atoms with E-state index in [1.807, 2.05) is 48.7 Å². The van der Waals surface area contributed by atoms with Crippen LogP contribution in [-0.4, -0.2) is 56.9 Å². The summed E-state index contributed by atoms with van der Waals surface area (Å²) in [7, 11) is 1.70. The Bertz CT molecular complexity index is 728. The molecule has 1 saturated heterocycles. The highest BCUT2D eigenvalue weighted by atomic mass is 32.2. The van der Waals surface area contributed by atoms with Crippen molar-refractivity contribution in [2.75, 3.05) is 56.3 Å². The molecule has 26 heavy (non-hydrogen) atoms. The summed E-state index contributed by atoms with van der Waals surface area (Å²) in [5, 5.41) is 2.98. The molecule has 1 amide bonds. The van der Waals surface area contributed by atoms with Gasteiger partial charge in [-0.2, -0.15) is 0 Å². The van der Waals surface area contributed by atoms with E-state index in [9.17, 15) is 4.79 Å². The fourth-order valence-electron chi connectivity index (χ4n) is 3.12. The third kappa shape index (κ3) is 4.71. The minimum Gasteiger partial charge on any atom is -0.495 e. The number of methoxy groups -OCH3 is 1. The Balaban J connectivity index is 1.49. The molecule has 0 bridgehead atoms. The Morgan fingerprint density at radius 3 is 2.42 bits per heavy atom. The zero-order valence-electron chi connectivity index (χ0n) is 15.3. The molecule has 0 atom stereocenters. The molecule has 2 aromatic rings. The lowest BCUT2D eigenvalue weighted by atomic mass is 10.2. The van der Waals surface area contributed by atoms with E-state index in [4.69, 9.17) is 4.74 Å². The number of carbonyl (C=O) groups excluding carboxylic acids is 1. The number of nitrogens with zero attached hydrogens (tertiary/aromatic N) is 2. The average Bonchev–Trinajstić information content (AvgIpc) is 2.69. The van der Waals surface area contributed by atoms with Crippen molar-refractivity contribution in [2.24, 2.45) is 0 Å². The maximum Gasteiger partial charge on any atom is 0.238 e. The molecule has 0 saturated carbocycles. The van der Waals surface area contributed by atoms with Gasteiger partial charge in [-0.05, 0) is 42.7 Å². The number of nitrogens with one attached hydrogen (secondary N) is 1. The first-order valence-corrected chi connectivity index (χ1v) is 9.96. The van der Waals surface area contributed by atoms with Crippen LogP contribution in [0.1, 0.15) is 0 Å². The topological polar surface area (TPSA) is 44.8 Å². The smallest absolute Gasteiger partial charge is 0.238 e. The van der Waals surface area contributed by atoms with E-state index in [0.29, 0.717) is 6.54 Å². The van der Waals surface area contributed by atoms with E-state index in [2.05, 4.69) is 21.2 Å². The normalized spacial score (nSPS) is 14.9. The molecule has 0 unspecified atom stereocenters.